The van der Waals surface area contributed by atoms with Gasteiger partial charge in [0.25, 0.3) is 0 Å². The van der Waals surface area contributed by atoms with E-state index in [1.54, 1.807) is 0 Å². The van der Waals surface area contributed by atoms with Crippen molar-refractivity contribution in [1.29, 1.82) is 0 Å². The maximum atomic E-state index is 3.24. The van der Waals surface area contributed by atoms with E-state index < -0.39 is 16.3 Å². The minimum atomic E-state index is -0.881. The van der Waals surface area contributed by atoms with Crippen molar-refractivity contribution < 1.29 is 0 Å². The van der Waals surface area contributed by atoms with Crippen molar-refractivity contribution in [3.63, 3.8) is 0 Å². The molecule has 84 valence electrons. The highest BCUT2D eigenvalue weighted by atomic mass is 28.3. The molecule has 0 aromatic heterocycles. The highest BCUT2D eigenvalue weighted by Crippen LogP contribution is 2.04. The van der Waals surface area contributed by atoms with Gasteiger partial charge in [0.15, 0.2) is 0 Å². The van der Waals surface area contributed by atoms with Crippen LogP contribution in [0.25, 0.3) is 0 Å². The molecule has 0 radical (unpaired) electrons. The van der Waals surface area contributed by atoms with Crippen molar-refractivity contribution in [2.24, 2.45) is 0 Å². The molecule has 1 nitrogen and oxygen atoms in total. The van der Waals surface area contributed by atoms with E-state index in [2.05, 4.69) is 51.2 Å². The molecule has 0 rings (SSSR count). The SMILES string of the molecule is C.CC[Si](C)(C)C.CN[Si](C)(C)C. The summed E-state index contributed by atoms with van der Waals surface area (Å²) in [6.45, 7) is 16.2. The van der Waals surface area contributed by atoms with Crippen molar-refractivity contribution in [3.8, 4) is 0 Å². The molecule has 0 spiro atoms. The quantitative estimate of drug-likeness (QED) is 0.695. The van der Waals surface area contributed by atoms with Gasteiger partial charge in [-0.1, -0.05) is 59.7 Å². The molecule has 0 aromatic rings. The van der Waals surface area contributed by atoms with Gasteiger partial charge in [-0.05, 0) is 7.05 Å². The normalized spacial score (nSPS) is 11.1. The van der Waals surface area contributed by atoms with E-state index >= 15 is 0 Å². The summed E-state index contributed by atoms with van der Waals surface area (Å²) in [6, 6.07) is 1.41. The molecule has 0 aliphatic carbocycles. The minimum Gasteiger partial charge on any atom is -0.340 e. The maximum Gasteiger partial charge on any atom is 0.116 e. The molecule has 0 amide bonds. The lowest BCUT2D eigenvalue weighted by molar-refractivity contribution is 1.16. The van der Waals surface area contributed by atoms with Gasteiger partial charge in [-0.25, -0.2) is 0 Å². The first-order valence-electron chi connectivity index (χ1n) is 4.81. The summed E-state index contributed by atoms with van der Waals surface area (Å²) < 4.78 is 0. The van der Waals surface area contributed by atoms with Gasteiger partial charge in [-0.2, -0.15) is 0 Å². The molecule has 0 saturated heterocycles. The highest BCUT2D eigenvalue weighted by Gasteiger charge is 2.07. The summed E-state index contributed by atoms with van der Waals surface area (Å²) in [4.78, 5) is 3.24. The first kappa shape index (κ1) is 19.0. The summed E-state index contributed by atoms with van der Waals surface area (Å²) in [7, 11) is 0.508. The van der Waals surface area contributed by atoms with Gasteiger partial charge in [-0.15, -0.1) is 0 Å². The van der Waals surface area contributed by atoms with Crippen LogP contribution in [0.15, 0.2) is 0 Å². The van der Waals surface area contributed by atoms with Crippen LogP contribution in [0.5, 0.6) is 0 Å². The van der Waals surface area contributed by atoms with Crippen molar-refractivity contribution in [2.45, 2.75) is 59.7 Å². The highest BCUT2D eigenvalue weighted by molar-refractivity contribution is 6.76. The molecular formula is C10H31NSi2. The van der Waals surface area contributed by atoms with Crippen LogP contribution >= 0.6 is 0 Å². The van der Waals surface area contributed by atoms with Crippen molar-refractivity contribution >= 4 is 16.3 Å². The Morgan fingerprint density at radius 1 is 0.923 bits per heavy atom. The maximum absolute atomic E-state index is 3.24. The van der Waals surface area contributed by atoms with E-state index in [1.807, 2.05) is 7.05 Å². The van der Waals surface area contributed by atoms with Crippen molar-refractivity contribution in [3.05, 3.63) is 0 Å². The monoisotopic (exact) mass is 221 g/mol. The Labute approximate surface area is 88.4 Å². The van der Waals surface area contributed by atoms with E-state index in [0.29, 0.717) is 0 Å². The number of hydrogen-bond acceptors (Lipinski definition) is 1. The van der Waals surface area contributed by atoms with Crippen LogP contribution in [0.3, 0.4) is 0 Å². The van der Waals surface area contributed by atoms with E-state index in [-0.39, 0.29) is 7.43 Å². The van der Waals surface area contributed by atoms with Crippen molar-refractivity contribution in [2.75, 3.05) is 7.05 Å². The summed E-state index contributed by atoms with van der Waals surface area (Å²) in [5, 5.41) is 0. The largest absolute Gasteiger partial charge is 0.340 e. The number of nitrogens with one attached hydrogen (secondary N) is 1. The van der Waals surface area contributed by atoms with Crippen molar-refractivity contribution in [1.82, 2.24) is 4.98 Å². The molecule has 0 aliphatic heterocycles. The summed E-state index contributed by atoms with van der Waals surface area (Å²) in [5.74, 6) is 0. The Hall–Kier alpha value is 0.394. The molecule has 13 heavy (non-hydrogen) atoms. The molecule has 0 bridgehead atoms. The second kappa shape index (κ2) is 7.77. The van der Waals surface area contributed by atoms with Crippen LogP contribution in [0.1, 0.15) is 14.4 Å². The summed E-state index contributed by atoms with van der Waals surface area (Å²) in [5.41, 5.74) is 0. The molecule has 0 fully saturated rings. The third-order valence-electron chi connectivity index (χ3n) is 1.81. The Bertz CT molecular complexity index is 86.5. The molecule has 0 heterocycles. The molecule has 0 aliphatic rings. The molecule has 1 N–H and O–H groups in total. The van der Waals surface area contributed by atoms with E-state index in [4.69, 9.17) is 0 Å². The van der Waals surface area contributed by atoms with Gasteiger partial charge in [-0.3, -0.25) is 0 Å². The topological polar surface area (TPSA) is 12.0 Å². The zero-order chi connectivity index (χ0) is 10.4. The van der Waals surface area contributed by atoms with E-state index in [0.717, 1.165) is 0 Å². The molecule has 0 aromatic carbocycles. The van der Waals surface area contributed by atoms with Crippen LogP contribution in [0, 0.1) is 0 Å². The van der Waals surface area contributed by atoms with Crippen LogP contribution < -0.4 is 4.98 Å². The van der Waals surface area contributed by atoms with E-state index in [1.165, 1.54) is 6.04 Å². The predicted octanol–water partition coefficient (Wildman–Crippen LogP) is 4.02. The fraction of sp³-hybridized carbons (Fsp3) is 1.00. The standard InChI is InChI=1S/C5H14Si.C4H13NSi.CH4/c2*1-5-6(2,3)4;/h5H2,1-4H3;5H,1-4H3;1H4. The number of hydrogen-bond donors (Lipinski definition) is 1. The van der Waals surface area contributed by atoms with Gasteiger partial charge in [0.1, 0.15) is 8.24 Å². The van der Waals surface area contributed by atoms with Crippen LogP contribution in [-0.2, 0) is 0 Å². The Balaban J connectivity index is -0.000000143. The molecule has 0 atom stereocenters. The molecule has 0 saturated carbocycles. The van der Waals surface area contributed by atoms with E-state index in [9.17, 15) is 0 Å². The first-order valence-corrected chi connectivity index (χ1v) is 12.0. The predicted molar refractivity (Wildman–Crippen MR) is 73.0 cm³/mol. The second-order valence-corrected chi connectivity index (χ2v) is 16.2. The lowest BCUT2D eigenvalue weighted by atomic mass is 11.0. The summed E-state index contributed by atoms with van der Waals surface area (Å²) in [6.07, 6.45) is 0. The fourth-order valence-electron chi connectivity index (χ4n) is 0. The minimum absolute atomic E-state index is 0. The lowest BCUT2D eigenvalue weighted by Crippen LogP contribution is -2.37. The Kier molecular flexibility index (Phi) is 11.4. The van der Waals surface area contributed by atoms with Crippen LogP contribution in [-0.4, -0.2) is 23.4 Å². The van der Waals surface area contributed by atoms with Gasteiger partial charge in [0, 0.05) is 8.07 Å². The second-order valence-electron chi connectivity index (χ2n) is 5.41. The Morgan fingerprint density at radius 2 is 1.08 bits per heavy atom. The third kappa shape index (κ3) is 32.8. The lowest BCUT2D eigenvalue weighted by Gasteiger charge is -2.11. The zero-order valence-electron chi connectivity index (χ0n) is 10.2. The zero-order valence-corrected chi connectivity index (χ0v) is 12.2. The smallest absolute Gasteiger partial charge is 0.116 e. The van der Waals surface area contributed by atoms with Gasteiger partial charge < -0.3 is 4.98 Å². The molecule has 0 unspecified atom stereocenters. The third-order valence-corrected chi connectivity index (χ3v) is 5.43. The van der Waals surface area contributed by atoms with Gasteiger partial charge >= 0.3 is 0 Å². The Morgan fingerprint density at radius 3 is 1.08 bits per heavy atom. The molecule has 3 heteroatoms. The average molecular weight is 222 g/mol. The first-order chi connectivity index (χ1) is 5.12. The number of rotatable bonds is 2. The van der Waals surface area contributed by atoms with Crippen LogP contribution in [0.2, 0.25) is 45.3 Å². The fourth-order valence-corrected chi connectivity index (χ4v) is 0. The van der Waals surface area contributed by atoms with Gasteiger partial charge in [0.2, 0.25) is 0 Å². The summed E-state index contributed by atoms with van der Waals surface area (Å²) >= 11 is 0. The molecular weight excluding hydrogens is 190 g/mol. The van der Waals surface area contributed by atoms with Gasteiger partial charge in [0.05, 0.1) is 0 Å². The average Bonchev–Trinajstić information content (AvgIpc) is 1.86. The van der Waals surface area contributed by atoms with Crippen LogP contribution in [0.4, 0.5) is 0 Å².